The second kappa shape index (κ2) is 7.34. The summed E-state index contributed by atoms with van der Waals surface area (Å²) in [5, 5.41) is 3.40. The molecule has 1 N–H and O–H groups in total. The molecule has 0 rings (SSSR count). The molecule has 0 aromatic carbocycles. The molecule has 0 aliphatic carbocycles. The van der Waals surface area contributed by atoms with Gasteiger partial charge in [0.25, 0.3) is 0 Å². The zero-order chi connectivity index (χ0) is 10.3. The molecule has 2 atom stereocenters. The van der Waals surface area contributed by atoms with Gasteiger partial charge in [-0.2, -0.15) is 0 Å². The number of rotatable bonds is 7. The lowest BCUT2D eigenvalue weighted by atomic mass is 9.99. The van der Waals surface area contributed by atoms with Crippen molar-refractivity contribution in [2.45, 2.75) is 39.7 Å². The molecule has 0 bridgehead atoms. The maximum absolute atomic E-state index is 3.40. The van der Waals surface area contributed by atoms with Crippen molar-refractivity contribution in [2.24, 2.45) is 5.92 Å². The van der Waals surface area contributed by atoms with Crippen LogP contribution in [0.4, 0.5) is 0 Å². The molecule has 0 saturated heterocycles. The Labute approximate surface area is 83.7 Å². The molecular weight excluding hydrogens is 160 g/mol. The molecule has 0 fully saturated rings. The van der Waals surface area contributed by atoms with E-state index in [1.807, 2.05) is 0 Å². The minimum absolute atomic E-state index is 0.640. The normalized spacial score (nSPS) is 16.2. The van der Waals surface area contributed by atoms with Gasteiger partial charge >= 0.3 is 0 Å². The van der Waals surface area contributed by atoms with E-state index in [4.69, 9.17) is 0 Å². The number of nitrogens with zero attached hydrogens (tertiary/aromatic N) is 1. The first-order chi connectivity index (χ1) is 6.15. The van der Waals surface area contributed by atoms with Crippen molar-refractivity contribution in [3.8, 4) is 0 Å². The predicted molar refractivity (Wildman–Crippen MR) is 60.1 cm³/mol. The lowest BCUT2D eigenvalue weighted by Crippen LogP contribution is -2.42. The summed E-state index contributed by atoms with van der Waals surface area (Å²) in [4.78, 5) is 2.41. The largest absolute Gasteiger partial charge is 0.315 e. The van der Waals surface area contributed by atoms with Crippen LogP contribution >= 0.6 is 0 Å². The first-order valence-corrected chi connectivity index (χ1v) is 5.51. The maximum Gasteiger partial charge on any atom is 0.0217 e. The second-order valence-electron chi connectivity index (χ2n) is 4.04. The highest BCUT2D eigenvalue weighted by atomic mass is 15.1. The molecule has 2 unspecified atom stereocenters. The highest BCUT2D eigenvalue weighted by Crippen LogP contribution is 2.08. The summed E-state index contributed by atoms with van der Waals surface area (Å²) < 4.78 is 0. The highest BCUT2D eigenvalue weighted by Gasteiger charge is 2.14. The molecule has 2 nitrogen and oxygen atoms in total. The van der Waals surface area contributed by atoms with Crippen LogP contribution in [0.15, 0.2) is 0 Å². The molecule has 2 heteroatoms. The smallest absolute Gasteiger partial charge is 0.0217 e. The van der Waals surface area contributed by atoms with E-state index in [1.165, 1.54) is 25.9 Å². The zero-order valence-corrected chi connectivity index (χ0v) is 9.93. The van der Waals surface area contributed by atoms with Crippen LogP contribution in [0.2, 0.25) is 0 Å². The molecule has 0 heterocycles. The van der Waals surface area contributed by atoms with Crippen LogP contribution in [0.25, 0.3) is 0 Å². The van der Waals surface area contributed by atoms with Crippen molar-refractivity contribution < 1.29 is 0 Å². The number of nitrogens with one attached hydrogen (secondary N) is 1. The molecule has 0 aromatic heterocycles. The van der Waals surface area contributed by atoms with Crippen LogP contribution in [0.3, 0.4) is 0 Å². The average molecular weight is 186 g/mol. The Kier molecular flexibility index (Phi) is 7.29. The van der Waals surface area contributed by atoms with Crippen LogP contribution in [0.5, 0.6) is 0 Å². The van der Waals surface area contributed by atoms with Gasteiger partial charge in [0.1, 0.15) is 0 Å². The molecule has 80 valence electrons. The monoisotopic (exact) mass is 186 g/mol. The van der Waals surface area contributed by atoms with Crippen molar-refractivity contribution >= 4 is 0 Å². The maximum atomic E-state index is 3.40. The Morgan fingerprint density at radius 1 is 1.31 bits per heavy atom. The Hall–Kier alpha value is -0.0800. The summed E-state index contributed by atoms with van der Waals surface area (Å²) in [6.45, 7) is 9.18. The highest BCUT2D eigenvalue weighted by molar-refractivity contribution is 4.73. The van der Waals surface area contributed by atoms with Gasteiger partial charge < -0.3 is 10.2 Å². The predicted octanol–water partition coefficient (Wildman–Crippen LogP) is 1.96. The SMILES string of the molecule is CCCN(C)CC(NC)C(C)CC. The first-order valence-electron chi connectivity index (χ1n) is 5.51. The van der Waals surface area contributed by atoms with Gasteiger partial charge in [0.15, 0.2) is 0 Å². The fourth-order valence-corrected chi connectivity index (χ4v) is 1.65. The summed E-state index contributed by atoms with van der Waals surface area (Å²) in [6, 6.07) is 0.640. The minimum atomic E-state index is 0.640. The average Bonchev–Trinajstić information content (AvgIpc) is 2.13. The Bertz CT molecular complexity index is 115. The third kappa shape index (κ3) is 5.27. The van der Waals surface area contributed by atoms with Crippen LogP contribution < -0.4 is 5.32 Å². The number of likely N-dealkylation sites (N-methyl/N-ethyl adjacent to an activating group) is 2. The van der Waals surface area contributed by atoms with Gasteiger partial charge in [0.2, 0.25) is 0 Å². The topological polar surface area (TPSA) is 15.3 Å². The lowest BCUT2D eigenvalue weighted by Gasteiger charge is -2.27. The molecule has 0 saturated carbocycles. The molecule has 0 aromatic rings. The van der Waals surface area contributed by atoms with Gasteiger partial charge in [-0.05, 0) is 33.0 Å². The summed E-state index contributed by atoms with van der Waals surface area (Å²) in [6.07, 6.45) is 2.50. The van der Waals surface area contributed by atoms with Crippen molar-refractivity contribution in [1.29, 1.82) is 0 Å². The summed E-state index contributed by atoms with van der Waals surface area (Å²) in [7, 11) is 4.27. The first kappa shape index (κ1) is 12.9. The third-order valence-corrected chi connectivity index (χ3v) is 2.82. The van der Waals surface area contributed by atoms with Gasteiger partial charge in [-0.25, -0.2) is 0 Å². The number of hydrogen-bond acceptors (Lipinski definition) is 2. The van der Waals surface area contributed by atoms with Crippen molar-refractivity contribution in [3.63, 3.8) is 0 Å². The van der Waals surface area contributed by atoms with Crippen LogP contribution in [-0.2, 0) is 0 Å². The van der Waals surface area contributed by atoms with Gasteiger partial charge in [0, 0.05) is 12.6 Å². The molecule has 0 aliphatic heterocycles. The van der Waals surface area contributed by atoms with E-state index in [0.717, 1.165) is 5.92 Å². The fraction of sp³-hybridized carbons (Fsp3) is 1.00. The summed E-state index contributed by atoms with van der Waals surface area (Å²) in [5.41, 5.74) is 0. The second-order valence-corrected chi connectivity index (χ2v) is 4.04. The zero-order valence-electron chi connectivity index (χ0n) is 9.93. The Balaban J connectivity index is 3.82. The van der Waals surface area contributed by atoms with Crippen LogP contribution in [0.1, 0.15) is 33.6 Å². The van der Waals surface area contributed by atoms with Crippen molar-refractivity contribution in [3.05, 3.63) is 0 Å². The quantitative estimate of drug-likeness (QED) is 0.654. The summed E-state index contributed by atoms with van der Waals surface area (Å²) >= 11 is 0. The molecule has 0 aliphatic rings. The minimum Gasteiger partial charge on any atom is -0.315 e. The Morgan fingerprint density at radius 2 is 1.92 bits per heavy atom. The van der Waals surface area contributed by atoms with E-state index in [0.29, 0.717) is 6.04 Å². The third-order valence-electron chi connectivity index (χ3n) is 2.82. The molecule has 0 spiro atoms. The summed E-state index contributed by atoms with van der Waals surface area (Å²) in [5.74, 6) is 0.768. The van der Waals surface area contributed by atoms with Crippen LogP contribution in [0, 0.1) is 5.92 Å². The standard InChI is InChI=1S/C11H26N2/c1-6-8-13(5)9-11(12-4)10(3)7-2/h10-12H,6-9H2,1-5H3. The van der Waals surface area contributed by atoms with Gasteiger partial charge in [-0.3, -0.25) is 0 Å². The van der Waals surface area contributed by atoms with Gasteiger partial charge in [-0.1, -0.05) is 27.2 Å². The van der Waals surface area contributed by atoms with E-state index >= 15 is 0 Å². The van der Waals surface area contributed by atoms with Gasteiger partial charge in [0.05, 0.1) is 0 Å². The van der Waals surface area contributed by atoms with Crippen LogP contribution in [-0.4, -0.2) is 38.1 Å². The van der Waals surface area contributed by atoms with E-state index in [2.05, 4.69) is 45.1 Å². The van der Waals surface area contributed by atoms with E-state index < -0.39 is 0 Å². The fourth-order valence-electron chi connectivity index (χ4n) is 1.65. The van der Waals surface area contributed by atoms with E-state index in [-0.39, 0.29) is 0 Å². The molecule has 0 radical (unpaired) electrons. The van der Waals surface area contributed by atoms with E-state index in [1.54, 1.807) is 0 Å². The number of hydrogen-bond donors (Lipinski definition) is 1. The molecular formula is C11H26N2. The van der Waals surface area contributed by atoms with E-state index in [9.17, 15) is 0 Å². The molecule has 13 heavy (non-hydrogen) atoms. The van der Waals surface area contributed by atoms with Crippen molar-refractivity contribution in [1.82, 2.24) is 10.2 Å². The Morgan fingerprint density at radius 3 is 2.31 bits per heavy atom. The van der Waals surface area contributed by atoms with Gasteiger partial charge in [-0.15, -0.1) is 0 Å². The lowest BCUT2D eigenvalue weighted by molar-refractivity contribution is 0.252. The molecule has 0 amide bonds. The van der Waals surface area contributed by atoms with Crippen molar-refractivity contribution in [2.75, 3.05) is 27.2 Å².